The van der Waals surface area contributed by atoms with Gasteiger partial charge in [0.15, 0.2) is 5.13 Å². The summed E-state index contributed by atoms with van der Waals surface area (Å²) in [6.45, 7) is 3.92. The summed E-state index contributed by atoms with van der Waals surface area (Å²) in [7, 11) is 1.78. The minimum atomic E-state index is -0.249. The molecule has 2 aromatic heterocycles. The monoisotopic (exact) mass is 349 g/mol. The molecular formula is C16H19N3O2S2. The number of piperidine rings is 1. The molecule has 2 amide bonds. The predicted molar refractivity (Wildman–Crippen MR) is 92.8 cm³/mol. The highest BCUT2D eigenvalue weighted by Crippen LogP contribution is 2.38. The number of rotatable bonds is 3. The topological polar surface area (TPSA) is 62.3 Å². The summed E-state index contributed by atoms with van der Waals surface area (Å²) in [4.78, 5) is 33.1. The number of amides is 2. The minimum Gasteiger partial charge on any atom is -0.337 e. The van der Waals surface area contributed by atoms with Crippen LogP contribution < -0.4 is 5.32 Å². The zero-order valence-corrected chi connectivity index (χ0v) is 15.0. The number of nitrogens with zero attached hydrogens (tertiary/aromatic N) is 2. The Labute approximate surface area is 143 Å². The summed E-state index contributed by atoms with van der Waals surface area (Å²) in [5.74, 6) is -0.217. The van der Waals surface area contributed by atoms with E-state index in [4.69, 9.17) is 0 Å². The second kappa shape index (κ2) is 6.41. The Morgan fingerprint density at radius 2 is 2.22 bits per heavy atom. The van der Waals surface area contributed by atoms with Crippen LogP contribution in [0.3, 0.4) is 0 Å². The van der Waals surface area contributed by atoms with Crippen molar-refractivity contribution in [2.24, 2.45) is 5.92 Å². The lowest BCUT2D eigenvalue weighted by molar-refractivity contribution is -0.140. The molecule has 2 atom stereocenters. The third-order valence-corrected chi connectivity index (χ3v) is 6.22. The van der Waals surface area contributed by atoms with Gasteiger partial charge < -0.3 is 10.2 Å². The Morgan fingerprint density at radius 1 is 1.43 bits per heavy atom. The molecule has 2 aromatic rings. The first-order valence-corrected chi connectivity index (χ1v) is 9.21. The third kappa shape index (κ3) is 3.16. The number of nitrogens with one attached hydrogen (secondary N) is 1. The van der Waals surface area contributed by atoms with Crippen LogP contribution in [0.4, 0.5) is 5.13 Å². The Morgan fingerprint density at radius 3 is 2.83 bits per heavy atom. The standard InChI is InChI=1S/C16H19N3O2S2/c1-9-10(2)23-16(17-9)18-15(21)11-6-7-13(20)19(3)14(11)12-5-4-8-22-12/h4-5,8,11,14H,6-7H2,1-3H3,(H,17,18,21). The van der Waals surface area contributed by atoms with Gasteiger partial charge in [-0.05, 0) is 31.7 Å². The van der Waals surface area contributed by atoms with Gasteiger partial charge in [-0.3, -0.25) is 9.59 Å². The zero-order valence-electron chi connectivity index (χ0n) is 13.3. The van der Waals surface area contributed by atoms with Gasteiger partial charge in [-0.1, -0.05) is 6.07 Å². The van der Waals surface area contributed by atoms with Crippen LogP contribution in [0.1, 0.15) is 34.3 Å². The molecule has 1 saturated heterocycles. The average molecular weight is 349 g/mol. The predicted octanol–water partition coefficient (Wildman–Crippen LogP) is 3.37. The molecule has 0 bridgehead atoms. The molecule has 0 radical (unpaired) electrons. The van der Waals surface area contributed by atoms with Gasteiger partial charge in [0.25, 0.3) is 0 Å². The van der Waals surface area contributed by atoms with Crippen molar-refractivity contribution < 1.29 is 9.59 Å². The summed E-state index contributed by atoms with van der Waals surface area (Å²) in [6, 6.07) is 3.75. The van der Waals surface area contributed by atoms with Gasteiger partial charge >= 0.3 is 0 Å². The summed E-state index contributed by atoms with van der Waals surface area (Å²) >= 11 is 3.07. The van der Waals surface area contributed by atoms with Crippen molar-refractivity contribution in [1.29, 1.82) is 0 Å². The molecule has 122 valence electrons. The molecule has 0 saturated carbocycles. The first-order chi connectivity index (χ1) is 11.0. The fraction of sp³-hybridized carbons (Fsp3) is 0.438. The number of hydrogen-bond donors (Lipinski definition) is 1. The molecule has 1 fully saturated rings. The number of thiazole rings is 1. The van der Waals surface area contributed by atoms with Gasteiger partial charge in [0, 0.05) is 23.2 Å². The zero-order chi connectivity index (χ0) is 16.6. The lowest BCUT2D eigenvalue weighted by atomic mass is 9.87. The number of carbonyl (C=O) groups excluding carboxylic acids is 2. The molecular weight excluding hydrogens is 330 g/mol. The van der Waals surface area contributed by atoms with Crippen LogP contribution in [0.2, 0.25) is 0 Å². The minimum absolute atomic E-state index is 0.0588. The molecule has 7 heteroatoms. The van der Waals surface area contributed by atoms with Crippen molar-refractivity contribution in [1.82, 2.24) is 9.88 Å². The lowest BCUT2D eigenvalue weighted by Crippen LogP contribution is -2.44. The van der Waals surface area contributed by atoms with E-state index >= 15 is 0 Å². The van der Waals surface area contributed by atoms with E-state index in [0.717, 1.165) is 15.4 Å². The molecule has 2 unspecified atom stereocenters. The molecule has 1 N–H and O–H groups in total. The fourth-order valence-corrected chi connectivity index (χ4v) is 4.64. The summed E-state index contributed by atoms with van der Waals surface area (Å²) in [5, 5.41) is 5.55. The van der Waals surface area contributed by atoms with Crippen molar-refractivity contribution in [2.45, 2.75) is 32.7 Å². The van der Waals surface area contributed by atoms with Gasteiger partial charge in [-0.2, -0.15) is 0 Å². The van der Waals surface area contributed by atoms with Crippen molar-refractivity contribution in [3.05, 3.63) is 33.0 Å². The number of hydrogen-bond acceptors (Lipinski definition) is 5. The van der Waals surface area contributed by atoms with Gasteiger partial charge in [-0.25, -0.2) is 4.98 Å². The van der Waals surface area contributed by atoms with E-state index in [1.807, 2.05) is 31.4 Å². The maximum atomic E-state index is 12.8. The molecule has 0 spiro atoms. The Balaban J connectivity index is 1.83. The van der Waals surface area contributed by atoms with Crippen molar-refractivity contribution in [3.8, 4) is 0 Å². The van der Waals surface area contributed by atoms with E-state index in [-0.39, 0.29) is 23.8 Å². The number of aromatic nitrogens is 1. The number of thiophene rings is 1. The van der Waals surface area contributed by atoms with Crippen molar-refractivity contribution >= 4 is 39.6 Å². The maximum Gasteiger partial charge on any atom is 0.231 e. The first-order valence-electron chi connectivity index (χ1n) is 7.51. The van der Waals surface area contributed by atoms with Gasteiger partial charge in [-0.15, -0.1) is 22.7 Å². The van der Waals surface area contributed by atoms with E-state index in [9.17, 15) is 9.59 Å². The first kappa shape index (κ1) is 16.1. The molecule has 5 nitrogen and oxygen atoms in total. The summed E-state index contributed by atoms with van der Waals surface area (Å²) < 4.78 is 0. The van der Waals surface area contributed by atoms with E-state index in [2.05, 4.69) is 10.3 Å². The quantitative estimate of drug-likeness (QED) is 0.924. The second-order valence-electron chi connectivity index (χ2n) is 5.76. The lowest BCUT2D eigenvalue weighted by Gasteiger charge is -2.37. The highest BCUT2D eigenvalue weighted by molar-refractivity contribution is 7.15. The number of carbonyl (C=O) groups is 2. The molecule has 1 aliphatic rings. The van der Waals surface area contributed by atoms with Crippen LogP contribution in [-0.4, -0.2) is 28.7 Å². The number of aryl methyl sites for hydroxylation is 2. The maximum absolute atomic E-state index is 12.8. The number of likely N-dealkylation sites (tertiary alicyclic amines) is 1. The van der Waals surface area contributed by atoms with Gasteiger partial charge in [0.2, 0.25) is 11.8 Å². The molecule has 23 heavy (non-hydrogen) atoms. The Bertz CT molecular complexity index is 704. The van der Waals surface area contributed by atoms with E-state index < -0.39 is 0 Å². The van der Waals surface area contributed by atoms with Crippen LogP contribution in [0, 0.1) is 19.8 Å². The SMILES string of the molecule is Cc1nc(NC(=O)C2CCC(=O)N(C)C2c2cccs2)sc1C. The summed E-state index contributed by atoms with van der Waals surface area (Å²) in [5.41, 5.74) is 0.941. The highest BCUT2D eigenvalue weighted by atomic mass is 32.1. The van der Waals surface area contributed by atoms with Crippen LogP contribution in [-0.2, 0) is 9.59 Å². The number of anilines is 1. The third-order valence-electron chi connectivity index (χ3n) is 4.29. The van der Waals surface area contributed by atoms with Crippen LogP contribution in [0.5, 0.6) is 0 Å². The molecule has 1 aliphatic heterocycles. The van der Waals surface area contributed by atoms with Crippen molar-refractivity contribution in [3.63, 3.8) is 0 Å². The van der Waals surface area contributed by atoms with Gasteiger partial charge in [0.1, 0.15) is 0 Å². The van der Waals surface area contributed by atoms with Gasteiger partial charge in [0.05, 0.1) is 17.7 Å². The van der Waals surface area contributed by atoms with E-state index in [1.165, 1.54) is 11.3 Å². The second-order valence-corrected chi connectivity index (χ2v) is 7.94. The molecule has 3 rings (SSSR count). The fourth-order valence-electron chi connectivity index (χ4n) is 2.89. The molecule has 0 aliphatic carbocycles. The molecule has 0 aromatic carbocycles. The smallest absolute Gasteiger partial charge is 0.231 e. The molecule has 3 heterocycles. The Kier molecular flexibility index (Phi) is 4.50. The average Bonchev–Trinajstić information content (AvgIpc) is 3.12. The highest BCUT2D eigenvalue weighted by Gasteiger charge is 2.39. The van der Waals surface area contributed by atoms with E-state index in [0.29, 0.717) is 18.0 Å². The van der Waals surface area contributed by atoms with E-state index in [1.54, 1.807) is 23.3 Å². The van der Waals surface area contributed by atoms with Crippen molar-refractivity contribution in [2.75, 3.05) is 12.4 Å². The van der Waals surface area contributed by atoms with Crippen LogP contribution >= 0.6 is 22.7 Å². The largest absolute Gasteiger partial charge is 0.337 e. The normalized spacial score (nSPS) is 21.5. The van der Waals surface area contributed by atoms with Crippen LogP contribution in [0.25, 0.3) is 0 Å². The van der Waals surface area contributed by atoms with Crippen LogP contribution in [0.15, 0.2) is 17.5 Å². The summed E-state index contributed by atoms with van der Waals surface area (Å²) in [6.07, 6.45) is 0.979. The Hall–Kier alpha value is -1.73.